The summed E-state index contributed by atoms with van der Waals surface area (Å²) in [4.78, 5) is 37.0. The molecule has 0 saturated heterocycles. The molecule has 3 amide bonds. The molecule has 166 valence electrons. The van der Waals surface area contributed by atoms with E-state index in [2.05, 4.69) is 16.0 Å². The van der Waals surface area contributed by atoms with Crippen LogP contribution in [0, 0.1) is 5.82 Å². The van der Waals surface area contributed by atoms with Gasteiger partial charge >= 0.3 is 0 Å². The van der Waals surface area contributed by atoms with Crippen LogP contribution in [0.3, 0.4) is 0 Å². The number of amides is 3. The van der Waals surface area contributed by atoms with Gasteiger partial charge in [0.15, 0.2) is 0 Å². The van der Waals surface area contributed by atoms with Gasteiger partial charge in [-0.3, -0.25) is 14.4 Å². The average molecular weight is 460 g/mol. The van der Waals surface area contributed by atoms with E-state index in [-0.39, 0.29) is 21.8 Å². The highest BCUT2D eigenvalue weighted by Gasteiger charge is 2.19. The van der Waals surface area contributed by atoms with Crippen molar-refractivity contribution in [3.8, 4) is 5.75 Å². The molecule has 1 aromatic heterocycles. The van der Waals surface area contributed by atoms with Gasteiger partial charge in [0.1, 0.15) is 23.9 Å². The van der Waals surface area contributed by atoms with Crippen molar-refractivity contribution >= 4 is 40.7 Å². The Balaban J connectivity index is 1.71. The minimum absolute atomic E-state index is 0.162. The van der Waals surface area contributed by atoms with Crippen LogP contribution >= 0.6 is 11.6 Å². The van der Waals surface area contributed by atoms with Gasteiger partial charge < -0.3 is 25.1 Å². The molecule has 0 fully saturated rings. The summed E-state index contributed by atoms with van der Waals surface area (Å²) in [5.74, 6) is -2.16. The summed E-state index contributed by atoms with van der Waals surface area (Å²) in [6.45, 7) is 1.52. The van der Waals surface area contributed by atoms with E-state index in [9.17, 15) is 18.8 Å². The lowest BCUT2D eigenvalue weighted by molar-refractivity contribution is -0.117. The molecule has 1 atom stereocenters. The molecule has 0 radical (unpaired) electrons. The summed E-state index contributed by atoms with van der Waals surface area (Å²) < 4.78 is 24.1. The van der Waals surface area contributed by atoms with Gasteiger partial charge in [-0.2, -0.15) is 0 Å². The highest BCUT2D eigenvalue weighted by atomic mass is 35.5. The van der Waals surface area contributed by atoms with E-state index < -0.39 is 29.6 Å². The maximum Gasteiger partial charge on any atom is 0.258 e. The predicted molar refractivity (Wildman–Crippen MR) is 117 cm³/mol. The second-order valence-electron chi connectivity index (χ2n) is 6.69. The van der Waals surface area contributed by atoms with Crippen molar-refractivity contribution < 1.29 is 27.9 Å². The lowest BCUT2D eigenvalue weighted by Crippen LogP contribution is -2.41. The van der Waals surface area contributed by atoms with Gasteiger partial charge in [0.05, 0.1) is 30.2 Å². The van der Waals surface area contributed by atoms with E-state index in [0.29, 0.717) is 11.4 Å². The molecule has 0 aliphatic heterocycles. The summed E-state index contributed by atoms with van der Waals surface area (Å²) >= 11 is 5.72. The fourth-order valence-electron chi connectivity index (χ4n) is 2.74. The number of halogens is 2. The molecule has 32 heavy (non-hydrogen) atoms. The summed E-state index contributed by atoms with van der Waals surface area (Å²) in [7, 11) is 1.40. The topological polar surface area (TPSA) is 110 Å². The standard InChI is InChI=1S/C22H19ClFN3O5/c1-12(25-21(29)13-7-8-32-11-13)20(28)26-15-4-6-19(31-2)18(10-15)27-22(30)16-5-3-14(23)9-17(16)24/h3-12H,1-2H3,(H,25,29)(H,26,28)(H,27,30). The molecule has 3 rings (SSSR count). The van der Waals surface area contributed by atoms with Gasteiger partial charge in [0.25, 0.3) is 11.8 Å². The number of hydrogen-bond donors (Lipinski definition) is 3. The quantitative estimate of drug-likeness (QED) is 0.493. The van der Waals surface area contributed by atoms with Gasteiger partial charge in [-0.1, -0.05) is 11.6 Å². The number of anilines is 2. The first kappa shape index (κ1) is 22.8. The van der Waals surface area contributed by atoms with Gasteiger partial charge in [-0.15, -0.1) is 0 Å². The third-order valence-electron chi connectivity index (χ3n) is 4.42. The molecular weight excluding hydrogens is 441 g/mol. The number of methoxy groups -OCH3 is 1. The van der Waals surface area contributed by atoms with E-state index in [1.165, 1.54) is 56.9 Å². The smallest absolute Gasteiger partial charge is 0.258 e. The van der Waals surface area contributed by atoms with Gasteiger partial charge in [-0.05, 0) is 49.4 Å². The molecule has 2 aromatic carbocycles. The van der Waals surface area contributed by atoms with Crippen LogP contribution in [-0.4, -0.2) is 30.9 Å². The molecule has 10 heteroatoms. The molecule has 0 spiro atoms. The molecule has 1 unspecified atom stereocenters. The summed E-state index contributed by atoms with van der Waals surface area (Å²) in [6, 6.07) is 8.83. The first-order valence-corrected chi connectivity index (χ1v) is 9.74. The largest absolute Gasteiger partial charge is 0.495 e. The van der Waals surface area contributed by atoms with Crippen LogP contribution in [0.1, 0.15) is 27.6 Å². The molecule has 0 aliphatic rings. The zero-order valence-electron chi connectivity index (χ0n) is 17.1. The van der Waals surface area contributed by atoms with E-state index in [1.54, 1.807) is 6.07 Å². The van der Waals surface area contributed by atoms with Gasteiger partial charge in [-0.25, -0.2) is 4.39 Å². The zero-order valence-corrected chi connectivity index (χ0v) is 17.8. The zero-order chi connectivity index (χ0) is 23.3. The Morgan fingerprint density at radius 2 is 1.84 bits per heavy atom. The van der Waals surface area contributed by atoms with Crippen molar-refractivity contribution in [2.24, 2.45) is 0 Å². The Hall–Kier alpha value is -3.85. The second kappa shape index (κ2) is 9.97. The minimum Gasteiger partial charge on any atom is -0.495 e. The highest BCUT2D eigenvalue weighted by molar-refractivity contribution is 6.30. The molecular formula is C22H19ClFN3O5. The summed E-state index contributed by atoms with van der Waals surface area (Å²) in [5.41, 5.74) is 0.613. The minimum atomic E-state index is -0.860. The summed E-state index contributed by atoms with van der Waals surface area (Å²) in [5, 5.41) is 7.90. The van der Waals surface area contributed by atoms with Crippen molar-refractivity contribution in [3.63, 3.8) is 0 Å². The number of rotatable bonds is 7. The number of nitrogens with one attached hydrogen (secondary N) is 3. The van der Waals surface area contributed by atoms with Gasteiger partial charge in [0.2, 0.25) is 5.91 Å². The Labute approximate surface area is 187 Å². The van der Waals surface area contributed by atoms with E-state index in [1.807, 2.05) is 0 Å². The number of carbonyl (C=O) groups is 3. The second-order valence-corrected chi connectivity index (χ2v) is 7.13. The highest BCUT2D eigenvalue weighted by Crippen LogP contribution is 2.29. The molecule has 0 bridgehead atoms. The third-order valence-corrected chi connectivity index (χ3v) is 4.65. The van der Waals surface area contributed by atoms with E-state index in [0.717, 1.165) is 6.07 Å². The average Bonchev–Trinajstić information content (AvgIpc) is 3.29. The lowest BCUT2D eigenvalue weighted by atomic mass is 10.2. The Morgan fingerprint density at radius 3 is 2.50 bits per heavy atom. The monoisotopic (exact) mass is 459 g/mol. The van der Waals surface area contributed by atoms with Crippen molar-refractivity contribution in [2.75, 3.05) is 17.7 Å². The Kier molecular flexibility index (Phi) is 7.11. The molecule has 0 aliphatic carbocycles. The normalized spacial score (nSPS) is 11.4. The van der Waals surface area contributed by atoms with E-state index >= 15 is 0 Å². The molecule has 3 aromatic rings. The maximum absolute atomic E-state index is 14.1. The van der Waals surface area contributed by atoms with Crippen LogP contribution in [0.15, 0.2) is 59.4 Å². The van der Waals surface area contributed by atoms with Crippen molar-refractivity contribution in [1.82, 2.24) is 5.32 Å². The van der Waals surface area contributed by atoms with Crippen LogP contribution in [0.2, 0.25) is 5.02 Å². The van der Waals surface area contributed by atoms with Crippen LogP contribution in [0.4, 0.5) is 15.8 Å². The number of hydrogen-bond acceptors (Lipinski definition) is 5. The van der Waals surface area contributed by atoms with Crippen LogP contribution < -0.4 is 20.7 Å². The Morgan fingerprint density at radius 1 is 1.06 bits per heavy atom. The number of carbonyl (C=O) groups excluding carboxylic acids is 3. The van der Waals surface area contributed by atoms with Gasteiger partial charge in [0, 0.05) is 10.7 Å². The van der Waals surface area contributed by atoms with E-state index in [4.69, 9.17) is 20.8 Å². The predicted octanol–water partition coefficient (Wildman–Crippen LogP) is 4.09. The number of ether oxygens (including phenoxy) is 1. The lowest BCUT2D eigenvalue weighted by Gasteiger charge is -2.16. The van der Waals surface area contributed by atoms with Crippen LogP contribution in [-0.2, 0) is 4.79 Å². The Bertz CT molecular complexity index is 1150. The first-order valence-electron chi connectivity index (χ1n) is 9.37. The van der Waals surface area contributed by atoms with Crippen LogP contribution in [0.5, 0.6) is 5.75 Å². The van der Waals surface area contributed by atoms with Crippen molar-refractivity contribution in [3.05, 3.63) is 77.0 Å². The third kappa shape index (κ3) is 5.44. The first-order chi connectivity index (χ1) is 15.3. The summed E-state index contributed by atoms with van der Waals surface area (Å²) in [6.07, 6.45) is 2.62. The molecule has 8 nitrogen and oxygen atoms in total. The van der Waals surface area contributed by atoms with Crippen LogP contribution in [0.25, 0.3) is 0 Å². The van der Waals surface area contributed by atoms with Crippen molar-refractivity contribution in [1.29, 1.82) is 0 Å². The maximum atomic E-state index is 14.1. The fourth-order valence-corrected chi connectivity index (χ4v) is 2.90. The molecule has 3 N–H and O–H groups in total. The molecule has 1 heterocycles. The fraction of sp³-hybridized carbons (Fsp3) is 0.136. The molecule has 0 saturated carbocycles. The number of furan rings is 1. The van der Waals surface area contributed by atoms with Crippen molar-refractivity contribution in [2.45, 2.75) is 13.0 Å². The number of benzene rings is 2. The SMILES string of the molecule is COc1ccc(NC(=O)C(C)NC(=O)c2ccoc2)cc1NC(=O)c1ccc(Cl)cc1F.